The van der Waals surface area contributed by atoms with E-state index < -0.39 is 6.03 Å². The fourth-order valence-corrected chi connectivity index (χ4v) is 2.25. The van der Waals surface area contributed by atoms with Crippen LogP contribution in [0.3, 0.4) is 0 Å². The number of benzene rings is 1. The summed E-state index contributed by atoms with van der Waals surface area (Å²) in [6, 6.07) is 7.69. The van der Waals surface area contributed by atoms with Crippen molar-refractivity contribution in [1.82, 2.24) is 5.32 Å². The summed E-state index contributed by atoms with van der Waals surface area (Å²) in [7, 11) is 1.68. The van der Waals surface area contributed by atoms with Crippen LogP contribution in [-0.2, 0) is 0 Å². The molecule has 3 N–H and O–H groups in total. The van der Waals surface area contributed by atoms with Gasteiger partial charge in [0.2, 0.25) is 0 Å². The number of primary amides is 1. The molecule has 0 unspecified atom stereocenters. The van der Waals surface area contributed by atoms with Gasteiger partial charge in [-0.25, -0.2) is 4.79 Å². The lowest BCUT2D eigenvalue weighted by Crippen LogP contribution is -2.31. The van der Waals surface area contributed by atoms with E-state index in [1.807, 2.05) is 12.1 Å². The van der Waals surface area contributed by atoms with Crippen molar-refractivity contribution in [1.29, 1.82) is 0 Å². The van der Waals surface area contributed by atoms with Gasteiger partial charge in [0.15, 0.2) is 0 Å². The average Bonchev–Trinajstić information content (AvgIpc) is 2.39. The Morgan fingerprint density at radius 2 is 1.88 bits per heavy atom. The summed E-state index contributed by atoms with van der Waals surface area (Å²) in [5.41, 5.74) is 7.43. The van der Waals surface area contributed by atoms with Crippen LogP contribution in [0.25, 0.3) is 0 Å². The highest BCUT2D eigenvalue weighted by Gasteiger charge is 2.15. The van der Waals surface area contributed by atoms with Gasteiger partial charge in [-0.15, -0.1) is 0 Å². The molecule has 0 spiro atoms. The molecule has 0 saturated carbocycles. The Bertz CT molecular complexity index is 382. The molecule has 4 heteroatoms. The third-order valence-corrected chi connectivity index (χ3v) is 3.42. The van der Waals surface area contributed by atoms with Crippen LogP contribution >= 0.6 is 0 Å². The summed E-state index contributed by atoms with van der Waals surface area (Å²) < 4.78 is 0. The van der Waals surface area contributed by atoms with Crippen molar-refractivity contribution in [3.05, 3.63) is 29.8 Å². The molecule has 1 aromatic carbocycles. The first-order valence-electron chi connectivity index (χ1n) is 6.02. The number of nitrogens with two attached hydrogens (primary N) is 1. The Hall–Kier alpha value is -1.55. The summed E-state index contributed by atoms with van der Waals surface area (Å²) in [5, 5.41) is 3.36. The summed E-state index contributed by atoms with van der Waals surface area (Å²) in [6.07, 6.45) is 2.37. The van der Waals surface area contributed by atoms with Gasteiger partial charge >= 0.3 is 6.03 Å². The molecule has 2 rings (SSSR count). The molecule has 0 atom stereocenters. The number of nitrogens with zero attached hydrogens (tertiary/aromatic N) is 1. The molecule has 0 aliphatic carbocycles. The number of hydrogen-bond donors (Lipinski definition) is 2. The number of carbonyl (C=O) groups excluding carboxylic acids is 1. The molecule has 92 valence electrons. The molecule has 2 amide bonds. The van der Waals surface area contributed by atoms with E-state index in [-0.39, 0.29) is 0 Å². The second-order valence-electron chi connectivity index (χ2n) is 4.51. The number of rotatable bonds is 2. The minimum atomic E-state index is -0.431. The highest BCUT2D eigenvalue weighted by atomic mass is 16.2. The van der Waals surface area contributed by atoms with Crippen LogP contribution in [-0.4, -0.2) is 26.2 Å². The van der Waals surface area contributed by atoms with E-state index >= 15 is 0 Å². The lowest BCUT2D eigenvalue weighted by molar-refractivity contribution is 0.255. The summed E-state index contributed by atoms with van der Waals surface area (Å²) >= 11 is 0. The van der Waals surface area contributed by atoms with Crippen molar-refractivity contribution in [2.75, 3.05) is 25.0 Å². The molecule has 1 heterocycles. The fraction of sp³-hybridized carbons (Fsp3) is 0.462. The number of urea groups is 1. The molecule has 1 aromatic rings. The van der Waals surface area contributed by atoms with E-state index in [0.29, 0.717) is 5.92 Å². The van der Waals surface area contributed by atoms with E-state index in [0.717, 1.165) is 18.8 Å². The number of nitrogens with one attached hydrogen (secondary N) is 1. The normalized spacial score (nSPS) is 16.8. The molecule has 1 fully saturated rings. The SMILES string of the molecule is CN(C(N)=O)c1ccc(C2CCNCC2)cc1. The van der Waals surface area contributed by atoms with Crippen LogP contribution in [0.4, 0.5) is 10.5 Å². The van der Waals surface area contributed by atoms with Crippen LogP contribution in [0, 0.1) is 0 Å². The highest BCUT2D eigenvalue weighted by molar-refractivity contribution is 5.89. The molecule has 0 radical (unpaired) electrons. The second-order valence-corrected chi connectivity index (χ2v) is 4.51. The van der Waals surface area contributed by atoms with Gasteiger partial charge in [0.25, 0.3) is 0 Å². The van der Waals surface area contributed by atoms with Gasteiger partial charge < -0.3 is 11.1 Å². The van der Waals surface area contributed by atoms with Crippen LogP contribution in [0.5, 0.6) is 0 Å². The molecule has 0 aromatic heterocycles. The van der Waals surface area contributed by atoms with E-state index in [9.17, 15) is 4.79 Å². The molecule has 4 nitrogen and oxygen atoms in total. The molecule has 1 aliphatic heterocycles. The minimum absolute atomic E-state index is 0.431. The second kappa shape index (κ2) is 5.19. The first-order chi connectivity index (χ1) is 8.18. The van der Waals surface area contributed by atoms with Crippen molar-refractivity contribution >= 4 is 11.7 Å². The van der Waals surface area contributed by atoms with E-state index in [2.05, 4.69) is 17.4 Å². The number of piperidine rings is 1. The summed E-state index contributed by atoms with van der Waals surface area (Å²) in [5.74, 6) is 0.643. The van der Waals surface area contributed by atoms with Crippen LogP contribution in [0.15, 0.2) is 24.3 Å². The van der Waals surface area contributed by atoms with Crippen LogP contribution < -0.4 is 16.0 Å². The van der Waals surface area contributed by atoms with Gasteiger partial charge in [-0.2, -0.15) is 0 Å². The number of anilines is 1. The lowest BCUT2D eigenvalue weighted by Gasteiger charge is -2.23. The van der Waals surface area contributed by atoms with Crippen LogP contribution in [0.1, 0.15) is 24.3 Å². The van der Waals surface area contributed by atoms with E-state index in [1.54, 1.807) is 7.05 Å². The summed E-state index contributed by atoms with van der Waals surface area (Å²) in [6.45, 7) is 2.18. The monoisotopic (exact) mass is 233 g/mol. The number of hydrogen-bond acceptors (Lipinski definition) is 2. The third kappa shape index (κ3) is 2.77. The van der Waals surface area contributed by atoms with Gasteiger partial charge in [0.05, 0.1) is 0 Å². The van der Waals surface area contributed by atoms with Crippen molar-refractivity contribution < 1.29 is 4.79 Å². The Morgan fingerprint density at radius 1 is 1.29 bits per heavy atom. The molecule has 1 saturated heterocycles. The Morgan fingerprint density at radius 3 is 2.41 bits per heavy atom. The first kappa shape index (κ1) is 11.9. The van der Waals surface area contributed by atoms with Gasteiger partial charge in [0.1, 0.15) is 0 Å². The Balaban J connectivity index is 2.09. The quantitative estimate of drug-likeness (QED) is 0.816. The average molecular weight is 233 g/mol. The van der Waals surface area contributed by atoms with Gasteiger partial charge in [-0.1, -0.05) is 12.1 Å². The molecule has 1 aliphatic rings. The predicted octanol–water partition coefficient (Wildman–Crippen LogP) is 1.67. The van der Waals surface area contributed by atoms with Crippen molar-refractivity contribution in [3.8, 4) is 0 Å². The number of amides is 2. The van der Waals surface area contributed by atoms with E-state index in [1.165, 1.54) is 23.3 Å². The minimum Gasteiger partial charge on any atom is -0.351 e. The molecule has 17 heavy (non-hydrogen) atoms. The first-order valence-corrected chi connectivity index (χ1v) is 6.02. The van der Waals surface area contributed by atoms with Crippen LogP contribution in [0.2, 0.25) is 0 Å². The Kier molecular flexibility index (Phi) is 3.64. The lowest BCUT2D eigenvalue weighted by atomic mass is 9.90. The fourth-order valence-electron chi connectivity index (χ4n) is 2.25. The van der Waals surface area contributed by atoms with Crippen molar-refractivity contribution in [3.63, 3.8) is 0 Å². The zero-order valence-corrected chi connectivity index (χ0v) is 10.1. The van der Waals surface area contributed by atoms with Gasteiger partial charge in [-0.05, 0) is 49.5 Å². The molecule has 0 bridgehead atoms. The highest BCUT2D eigenvalue weighted by Crippen LogP contribution is 2.26. The zero-order valence-electron chi connectivity index (χ0n) is 10.1. The third-order valence-electron chi connectivity index (χ3n) is 3.42. The maximum Gasteiger partial charge on any atom is 0.318 e. The smallest absolute Gasteiger partial charge is 0.318 e. The maximum absolute atomic E-state index is 11.0. The van der Waals surface area contributed by atoms with Crippen molar-refractivity contribution in [2.24, 2.45) is 5.73 Å². The standard InChI is InChI=1S/C13H19N3O/c1-16(13(14)17)12-4-2-10(3-5-12)11-6-8-15-9-7-11/h2-5,11,15H,6-9H2,1H3,(H2,14,17). The van der Waals surface area contributed by atoms with Gasteiger partial charge in [-0.3, -0.25) is 4.90 Å². The van der Waals surface area contributed by atoms with Gasteiger partial charge in [0, 0.05) is 12.7 Å². The zero-order chi connectivity index (χ0) is 12.3. The van der Waals surface area contributed by atoms with Crippen molar-refractivity contribution in [2.45, 2.75) is 18.8 Å². The predicted molar refractivity (Wildman–Crippen MR) is 69.3 cm³/mol. The topological polar surface area (TPSA) is 58.4 Å². The molecular formula is C13H19N3O. The van der Waals surface area contributed by atoms with E-state index in [4.69, 9.17) is 5.73 Å². The summed E-state index contributed by atoms with van der Waals surface area (Å²) in [4.78, 5) is 12.5. The maximum atomic E-state index is 11.0. The molecular weight excluding hydrogens is 214 g/mol. The number of carbonyl (C=O) groups is 1. The largest absolute Gasteiger partial charge is 0.351 e. The Labute approximate surface area is 102 Å².